The number of para-hydroxylation sites is 1. The third-order valence-electron chi connectivity index (χ3n) is 4.05. The molecule has 0 aliphatic carbocycles. The summed E-state index contributed by atoms with van der Waals surface area (Å²) >= 11 is 3.32. The van der Waals surface area contributed by atoms with Crippen LogP contribution >= 0.6 is 15.9 Å². The second-order valence-corrected chi connectivity index (χ2v) is 6.49. The van der Waals surface area contributed by atoms with E-state index in [4.69, 9.17) is 0 Å². The Labute approximate surface area is 151 Å². The quantitative estimate of drug-likeness (QED) is 0.363. The molecular formula is C17H9BrF4N3O+. The maximum atomic E-state index is 14.3. The molecule has 2 heterocycles. The average Bonchev–Trinajstić information content (AvgIpc) is 2.91. The number of benzene rings is 2. The molecule has 0 radical (unpaired) electrons. The number of aromatic amines is 1. The number of nitrogens with zero attached hydrogens (tertiary/aromatic N) is 2. The van der Waals surface area contributed by atoms with Gasteiger partial charge in [0.15, 0.2) is 17.0 Å². The molecule has 1 N–H and O–H groups in total. The Bertz CT molecular complexity index is 1210. The van der Waals surface area contributed by atoms with Gasteiger partial charge in [0.25, 0.3) is 0 Å². The molecule has 0 saturated heterocycles. The zero-order valence-electron chi connectivity index (χ0n) is 12.8. The van der Waals surface area contributed by atoms with Crippen molar-refractivity contribution in [1.29, 1.82) is 0 Å². The Kier molecular flexibility index (Phi) is 3.65. The van der Waals surface area contributed by atoms with Crippen LogP contribution in [0.2, 0.25) is 0 Å². The third kappa shape index (κ3) is 2.50. The highest BCUT2D eigenvalue weighted by atomic mass is 79.9. The third-order valence-corrected chi connectivity index (χ3v) is 4.70. The Morgan fingerprint density at radius 2 is 1.77 bits per heavy atom. The summed E-state index contributed by atoms with van der Waals surface area (Å²) in [6, 6.07) is 10.1. The van der Waals surface area contributed by atoms with Gasteiger partial charge in [-0.3, -0.25) is 0 Å². The molecular weight excluding hydrogens is 418 g/mol. The van der Waals surface area contributed by atoms with Crippen molar-refractivity contribution in [2.24, 2.45) is 0 Å². The summed E-state index contributed by atoms with van der Waals surface area (Å²) in [4.78, 5) is 12.7. The van der Waals surface area contributed by atoms with Gasteiger partial charge >= 0.3 is 11.7 Å². The molecule has 0 amide bonds. The topological polar surface area (TPSA) is 41.9 Å². The van der Waals surface area contributed by atoms with Crippen LogP contribution in [0.4, 0.5) is 17.6 Å². The Morgan fingerprint density at radius 3 is 2.42 bits per heavy atom. The smallest absolute Gasteiger partial charge is 0.234 e. The molecule has 2 aromatic carbocycles. The molecule has 26 heavy (non-hydrogen) atoms. The first kappa shape index (κ1) is 16.8. The number of halogens is 5. The first-order valence-electron chi connectivity index (χ1n) is 7.38. The molecule has 9 heteroatoms. The number of pyridine rings is 1. The standard InChI is InChI=1S/C17H8BrF4N3O/c18-12-8-14-16(26)24(10-6-4-9(5-7-10)17(20,21)22)23-25(14)15-11(12)2-1-3-13(15)19/h1-8H/p+1. The summed E-state index contributed by atoms with van der Waals surface area (Å²) in [6.45, 7) is 0. The van der Waals surface area contributed by atoms with E-state index in [0.29, 0.717) is 9.86 Å². The Hall–Kier alpha value is -2.68. The van der Waals surface area contributed by atoms with E-state index in [-0.39, 0.29) is 16.7 Å². The summed E-state index contributed by atoms with van der Waals surface area (Å²) < 4.78 is 55.3. The minimum Gasteiger partial charge on any atom is -0.234 e. The van der Waals surface area contributed by atoms with Crippen LogP contribution in [0.15, 0.2) is 57.8 Å². The second-order valence-electron chi connectivity index (χ2n) is 5.63. The summed E-state index contributed by atoms with van der Waals surface area (Å²) in [5, 5.41) is 3.27. The van der Waals surface area contributed by atoms with Crippen LogP contribution in [-0.4, -0.2) is 9.90 Å². The molecule has 0 unspecified atom stereocenters. The first-order valence-corrected chi connectivity index (χ1v) is 8.18. The van der Waals surface area contributed by atoms with E-state index in [1.807, 2.05) is 0 Å². The lowest BCUT2D eigenvalue weighted by molar-refractivity contribution is -0.556. The highest BCUT2D eigenvalue weighted by Crippen LogP contribution is 2.29. The molecule has 4 rings (SSSR count). The summed E-state index contributed by atoms with van der Waals surface area (Å²) in [7, 11) is 0. The van der Waals surface area contributed by atoms with Crippen molar-refractivity contribution < 1.29 is 22.1 Å². The van der Waals surface area contributed by atoms with Gasteiger partial charge < -0.3 is 0 Å². The number of alkyl halides is 3. The predicted octanol–water partition coefficient (Wildman–Crippen LogP) is 3.98. The summed E-state index contributed by atoms with van der Waals surface area (Å²) in [5.74, 6) is -0.542. The van der Waals surface area contributed by atoms with Crippen molar-refractivity contribution in [3.8, 4) is 5.69 Å². The van der Waals surface area contributed by atoms with E-state index in [1.165, 1.54) is 28.8 Å². The SMILES string of the molecule is O=c1c2cc(Br)c3cccc(F)c3[n+]2[nH]n1-c1ccc(C(F)(F)F)cc1. The lowest BCUT2D eigenvalue weighted by Crippen LogP contribution is -2.27. The maximum absolute atomic E-state index is 14.3. The van der Waals surface area contributed by atoms with Gasteiger partial charge in [0.1, 0.15) is 0 Å². The molecule has 2 aromatic heterocycles. The van der Waals surface area contributed by atoms with Gasteiger partial charge in [0.05, 0.1) is 5.56 Å². The largest absolute Gasteiger partial charge is 0.416 e. The fourth-order valence-corrected chi connectivity index (χ4v) is 3.35. The number of H-pyrrole nitrogens is 1. The van der Waals surface area contributed by atoms with E-state index < -0.39 is 23.1 Å². The molecule has 0 atom stereocenters. The Morgan fingerprint density at radius 1 is 1.08 bits per heavy atom. The van der Waals surface area contributed by atoms with Crippen LogP contribution in [0.5, 0.6) is 0 Å². The fourth-order valence-electron chi connectivity index (χ4n) is 2.81. The summed E-state index contributed by atoms with van der Waals surface area (Å²) in [5.41, 5.74) is -0.839. The molecule has 0 saturated carbocycles. The predicted molar refractivity (Wildman–Crippen MR) is 89.7 cm³/mol. The van der Waals surface area contributed by atoms with Crippen molar-refractivity contribution in [1.82, 2.24) is 9.90 Å². The van der Waals surface area contributed by atoms with Crippen LogP contribution in [0.1, 0.15) is 5.56 Å². The minimum absolute atomic E-state index is 0.148. The number of hydrogen-bond donors (Lipinski definition) is 1. The normalized spacial score (nSPS) is 12.2. The van der Waals surface area contributed by atoms with Crippen LogP contribution in [0, 0.1) is 5.82 Å². The number of hydrogen-bond acceptors (Lipinski definition) is 1. The molecule has 0 aliphatic heterocycles. The van der Waals surface area contributed by atoms with Gasteiger partial charge in [-0.05, 0) is 52.3 Å². The zero-order valence-corrected chi connectivity index (χ0v) is 14.4. The molecule has 0 aliphatic rings. The van der Waals surface area contributed by atoms with Gasteiger partial charge in [0, 0.05) is 15.9 Å². The van der Waals surface area contributed by atoms with E-state index in [2.05, 4.69) is 21.1 Å². The highest BCUT2D eigenvalue weighted by Gasteiger charge is 2.30. The number of rotatable bonds is 1. The fraction of sp³-hybridized carbons (Fsp3) is 0.0588. The van der Waals surface area contributed by atoms with Gasteiger partial charge in [0.2, 0.25) is 5.52 Å². The lowest BCUT2D eigenvalue weighted by atomic mass is 10.2. The van der Waals surface area contributed by atoms with Gasteiger partial charge in [-0.1, -0.05) is 16.0 Å². The van der Waals surface area contributed by atoms with Crippen LogP contribution < -0.4 is 10.1 Å². The summed E-state index contributed by atoms with van der Waals surface area (Å²) in [6.07, 6.45) is -4.47. The van der Waals surface area contributed by atoms with Crippen molar-refractivity contribution in [3.05, 3.63) is 74.7 Å². The van der Waals surface area contributed by atoms with Gasteiger partial charge in [-0.2, -0.15) is 13.2 Å². The molecule has 0 spiro atoms. The number of fused-ring (bicyclic) bond motifs is 3. The van der Waals surface area contributed by atoms with Gasteiger partial charge in [-0.15, -0.1) is 4.52 Å². The molecule has 4 nitrogen and oxygen atoms in total. The maximum Gasteiger partial charge on any atom is 0.416 e. The van der Waals surface area contributed by atoms with Crippen molar-refractivity contribution in [3.63, 3.8) is 0 Å². The van der Waals surface area contributed by atoms with Crippen LogP contribution in [0.3, 0.4) is 0 Å². The minimum atomic E-state index is -4.47. The first-order chi connectivity index (χ1) is 12.3. The second kappa shape index (κ2) is 5.66. The molecule has 132 valence electrons. The Balaban J connectivity index is 1.99. The number of aromatic nitrogens is 3. The zero-order chi connectivity index (χ0) is 18.6. The molecule has 0 bridgehead atoms. The van der Waals surface area contributed by atoms with Crippen molar-refractivity contribution >= 4 is 32.3 Å². The van der Waals surface area contributed by atoms with Crippen LogP contribution in [-0.2, 0) is 6.18 Å². The lowest BCUT2D eigenvalue weighted by Gasteiger charge is -2.05. The van der Waals surface area contributed by atoms with E-state index >= 15 is 0 Å². The molecule has 4 aromatic rings. The van der Waals surface area contributed by atoms with Crippen molar-refractivity contribution in [2.45, 2.75) is 6.18 Å². The number of nitrogens with one attached hydrogen (secondary N) is 1. The highest BCUT2D eigenvalue weighted by molar-refractivity contribution is 9.10. The van der Waals surface area contributed by atoms with Crippen LogP contribution in [0.25, 0.3) is 22.1 Å². The monoisotopic (exact) mass is 426 g/mol. The van der Waals surface area contributed by atoms with E-state index in [0.717, 1.165) is 16.8 Å². The van der Waals surface area contributed by atoms with Gasteiger partial charge in [-0.25, -0.2) is 9.18 Å². The average molecular weight is 427 g/mol. The molecule has 0 fully saturated rings. The van der Waals surface area contributed by atoms with Crippen molar-refractivity contribution in [2.75, 3.05) is 0 Å². The van der Waals surface area contributed by atoms with E-state index in [9.17, 15) is 22.4 Å². The van der Waals surface area contributed by atoms with E-state index in [1.54, 1.807) is 12.1 Å².